The van der Waals surface area contributed by atoms with Crippen molar-refractivity contribution in [2.45, 2.75) is 36.3 Å². The van der Waals surface area contributed by atoms with E-state index in [0.29, 0.717) is 22.5 Å². The third-order valence-electron chi connectivity index (χ3n) is 4.55. The molecule has 1 saturated heterocycles. The fraction of sp³-hybridized carbons (Fsp3) is 0.353. The summed E-state index contributed by atoms with van der Waals surface area (Å²) < 4.78 is 15.5. The van der Waals surface area contributed by atoms with Crippen LogP contribution in [0.3, 0.4) is 0 Å². The van der Waals surface area contributed by atoms with Gasteiger partial charge in [0.05, 0.1) is 12.4 Å². The van der Waals surface area contributed by atoms with Crippen molar-refractivity contribution in [2.24, 2.45) is 0 Å². The number of aliphatic hydroxyl groups is 2. The number of fused-ring (bicyclic) bond motifs is 1. The molecule has 0 amide bonds. The van der Waals surface area contributed by atoms with Gasteiger partial charge in [-0.3, -0.25) is 4.57 Å². The molecular weight excluding hydrogens is 393 g/mol. The molecule has 142 valence electrons. The molecule has 1 fully saturated rings. The highest BCUT2D eigenvalue weighted by Crippen LogP contribution is 2.43. The van der Waals surface area contributed by atoms with Crippen LogP contribution in [0.2, 0.25) is 5.28 Å². The van der Waals surface area contributed by atoms with Crippen LogP contribution in [0.5, 0.6) is 0 Å². The third-order valence-corrected chi connectivity index (χ3v) is 6.21. The molecule has 3 aromatic rings. The standard InChI is InChI=1S/C17H17ClFN5O2S/c1-8-12(25)13(26)16(27-8)24-7-21-11-14(22-17(18)23-15(11)24)20-6-9-4-2-3-5-10(9)19/h2-5,7-8,12-13,16,25-26H,6H2,1H3,(H,20,22,23)/t8-,12+,13+,16-/m0/s1. The summed E-state index contributed by atoms with van der Waals surface area (Å²) in [5, 5.41) is 22.9. The first kappa shape index (κ1) is 18.4. The number of benzene rings is 1. The number of rotatable bonds is 4. The van der Waals surface area contributed by atoms with E-state index in [1.807, 2.05) is 6.92 Å². The van der Waals surface area contributed by atoms with Gasteiger partial charge in [-0.1, -0.05) is 25.1 Å². The Hall–Kier alpha value is -1.94. The minimum Gasteiger partial charge on any atom is -0.389 e. The molecule has 0 spiro atoms. The van der Waals surface area contributed by atoms with Crippen LogP contribution in [0.4, 0.5) is 10.2 Å². The van der Waals surface area contributed by atoms with E-state index >= 15 is 0 Å². The zero-order valence-corrected chi connectivity index (χ0v) is 15.8. The van der Waals surface area contributed by atoms with E-state index in [9.17, 15) is 14.6 Å². The first-order valence-electron chi connectivity index (χ1n) is 8.34. The number of aromatic nitrogens is 4. The van der Waals surface area contributed by atoms with Crippen molar-refractivity contribution in [3.8, 4) is 0 Å². The number of nitrogens with zero attached hydrogens (tertiary/aromatic N) is 4. The van der Waals surface area contributed by atoms with Gasteiger partial charge in [0, 0.05) is 17.4 Å². The van der Waals surface area contributed by atoms with E-state index in [1.54, 1.807) is 22.8 Å². The molecular formula is C17H17ClFN5O2S. The second-order valence-corrected chi connectivity index (χ2v) is 8.16. The number of hydrogen-bond donors (Lipinski definition) is 3. The van der Waals surface area contributed by atoms with E-state index in [0.717, 1.165) is 0 Å². The predicted octanol–water partition coefficient (Wildman–Crippen LogP) is 2.59. The highest BCUT2D eigenvalue weighted by Gasteiger charge is 2.41. The Balaban J connectivity index is 1.67. The molecule has 4 rings (SSSR count). The van der Waals surface area contributed by atoms with Crippen LogP contribution in [0.15, 0.2) is 30.6 Å². The molecule has 10 heteroatoms. The van der Waals surface area contributed by atoms with E-state index in [2.05, 4.69) is 20.3 Å². The lowest BCUT2D eigenvalue weighted by Gasteiger charge is -2.17. The largest absolute Gasteiger partial charge is 0.389 e. The highest BCUT2D eigenvalue weighted by molar-refractivity contribution is 8.00. The van der Waals surface area contributed by atoms with Gasteiger partial charge in [-0.05, 0) is 17.7 Å². The van der Waals surface area contributed by atoms with E-state index < -0.39 is 17.6 Å². The number of anilines is 1. The lowest BCUT2D eigenvalue weighted by molar-refractivity contribution is 0.0206. The lowest BCUT2D eigenvalue weighted by atomic mass is 10.1. The molecule has 1 aliphatic rings. The molecule has 3 N–H and O–H groups in total. The van der Waals surface area contributed by atoms with Gasteiger partial charge >= 0.3 is 0 Å². The van der Waals surface area contributed by atoms with Crippen LogP contribution in [-0.2, 0) is 6.54 Å². The SMILES string of the molecule is C[C@@H]1S[C@H](n2cnc3c(NCc4ccccc4F)nc(Cl)nc32)[C@H](O)[C@@H]1O. The topological polar surface area (TPSA) is 96.1 Å². The van der Waals surface area contributed by atoms with Gasteiger partial charge in [-0.15, -0.1) is 11.8 Å². The van der Waals surface area contributed by atoms with Gasteiger partial charge in [0.15, 0.2) is 17.0 Å². The highest BCUT2D eigenvalue weighted by atomic mass is 35.5. The fourth-order valence-electron chi connectivity index (χ4n) is 3.08. The van der Waals surface area contributed by atoms with E-state index in [-0.39, 0.29) is 22.9 Å². The molecule has 1 aliphatic heterocycles. The molecule has 3 heterocycles. The maximum absolute atomic E-state index is 13.8. The van der Waals surface area contributed by atoms with Crippen LogP contribution < -0.4 is 5.32 Å². The van der Waals surface area contributed by atoms with Gasteiger partial charge in [-0.2, -0.15) is 9.97 Å². The number of thioether (sulfide) groups is 1. The third kappa shape index (κ3) is 3.36. The number of hydrogen-bond acceptors (Lipinski definition) is 7. The van der Waals surface area contributed by atoms with Crippen LogP contribution in [0.1, 0.15) is 17.9 Å². The van der Waals surface area contributed by atoms with Crippen molar-refractivity contribution in [2.75, 3.05) is 5.32 Å². The zero-order chi connectivity index (χ0) is 19.1. The number of aliphatic hydroxyl groups excluding tert-OH is 2. The normalized spacial score (nSPS) is 25.2. The Morgan fingerprint density at radius 3 is 2.74 bits per heavy atom. The summed E-state index contributed by atoms with van der Waals surface area (Å²) in [6.45, 7) is 2.06. The average molecular weight is 410 g/mol. The summed E-state index contributed by atoms with van der Waals surface area (Å²) in [5.74, 6) is 0.0541. The monoisotopic (exact) mass is 409 g/mol. The summed E-state index contributed by atoms with van der Waals surface area (Å²) in [6, 6.07) is 6.44. The average Bonchev–Trinajstić information content (AvgIpc) is 3.17. The van der Waals surface area contributed by atoms with Crippen molar-refractivity contribution >= 4 is 40.3 Å². The molecule has 1 aromatic carbocycles. The van der Waals surface area contributed by atoms with Crippen molar-refractivity contribution in [3.63, 3.8) is 0 Å². The summed E-state index contributed by atoms with van der Waals surface area (Å²) in [7, 11) is 0. The lowest BCUT2D eigenvalue weighted by Crippen LogP contribution is -2.30. The van der Waals surface area contributed by atoms with Gasteiger partial charge in [0.25, 0.3) is 0 Å². The molecule has 4 atom stereocenters. The van der Waals surface area contributed by atoms with Crippen molar-refractivity contribution < 1.29 is 14.6 Å². The predicted molar refractivity (Wildman–Crippen MR) is 102 cm³/mol. The maximum atomic E-state index is 13.8. The van der Waals surface area contributed by atoms with Crippen LogP contribution in [0, 0.1) is 5.82 Å². The van der Waals surface area contributed by atoms with Crippen LogP contribution in [-0.4, -0.2) is 47.2 Å². The number of halogens is 2. The van der Waals surface area contributed by atoms with Crippen LogP contribution >= 0.6 is 23.4 Å². The number of imidazole rings is 1. The van der Waals surface area contributed by atoms with Gasteiger partial charge in [-0.25, -0.2) is 9.37 Å². The Morgan fingerprint density at radius 2 is 2.04 bits per heavy atom. The molecule has 7 nitrogen and oxygen atoms in total. The minimum atomic E-state index is -0.953. The van der Waals surface area contributed by atoms with Gasteiger partial charge in [0.1, 0.15) is 17.3 Å². The summed E-state index contributed by atoms with van der Waals surface area (Å²) in [4.78, 5) is 12.7. The Kier molecular flexibility index (Phi) is 4.94. The molecule has 0 bridgehead atoms. The number of nitrogens with one attached hydrogen (secondary N) is 1. The minimum absolute atomic E-state index is 0.00590. The summed E-state index contributed by atoms with van der Waals surface area (Å²) in [5.41, 5.74) is 1.38. The quantitative estimate of drug-likeness (QED) is 0.570. The van der Waals surface area contributed by atoms with Gasteiger partial charge < -0.3 is 15.5 Å². The molecule has 0 radical (unpaired) electrons. The Labute approximate surface area is 163 Å². The fourth-order valence-corrected chi connectivity index (χ4v) is 4.61. The molecule has 0 aliphatic carbocycles. The summed E-state index contributed by atoms with van der Waals surface area (Å²) in [6.07, 6.45) is -0.255. The smallest absolute Gasteiger partial charge is 0.226 e. The maximum Gasteiger partial charge on any atom is 0.226 e. The molecule has 0 saturated carbocycles. The zero-order valence-electron chi connectivity index (χ0n) is 14.3. The van der Waals surface area contributed by atoms with Crippen molar-refractivity contribution in [1.82, 2.24) is 19.5 Å². The molecule has 0 unspecified atom stereocenters. The summed E-state index contributed by atoms with van der Waals surface area (Å²) >= 11 is 7.50. The van der Waals surface area contributed by atoms with Crippen molar-refractivity contribution in [1.29, 1.82) is 0 Å². The van der Waals surface area contributed by atoms with Crippen molar-refractivity contribution in [3.05, 3.63) is 47.3 Å². The molecule has 27 heavy (non-hydrogen) atoms. The van der Waals surface area contributed by atoms with Gasteiger partial charge in [0.2, 0.25) is 5.28 Å². The van der Waals surface area contributed by atoms with E-state index in [4.69, 9.17) is 11.6 Å². The second kappa shape index (κ2) is 7.23. The first-order chi connectivity index (χ1) is 13.0. The van der Waals surface area contributed by atoms with Crippen LogP contribution in [0.25, 0.3) is 11.2 Å². The Bertz CT molecular complexity index is 987. The van der Waals surface area contributed by atoms with E-state index in [1.165, 1.54) is 24.2 Å². The first-order valence-corrected chi connectivity index (χ1v) is 9.66. The molecule has 2 aromatic heterocycles. The Morgan fingerprint density at radius 1 is 1.26 bits per heavy atom. The second-order valence-electron chi connectivity index (χ2n) is 6.32.